The van der Waals surface area contributed by atoms with Crippen molar-refractivity contribution in [2.24, 2.45) is 5.10 Å². The molecule has 3 N–H and O–H groups in total. The van der Waals surface area contributed by atoms with Gasteiger partial charge in [0.15, 0.2) is 18.1 Å². The van der Waals surface area contributed by atoms with Crippen molar-refractivity contribution < 1.29 is 33.3 Å². The van der Waals surface area contributed by atoms with Crippen molar-refractivity contribution in [3.05, 3.63) is 111 Å². The normalized spacial score (nSPS) is 14.4. The van der Waals surface area contributed by atoms with Crippen LogP contribution in [0.15, 0.2) is 99.7 Å². The molecule has 0 saturated heterocycles. The summed E-state index contributed by atoms with van der Waals surface area (Å²) in [4.78, 5) is 37.5. The van der Waals surface area contributed by atoms with Gasteiger partial charge in [-0.25, -0.2) is 15.0 Å². The molecule has 242 valence electrons. The lowest BCUT2D eigenvalue weighted by atomic mass is 9.95. The minimum atomic E-state index is -0.776. The SMILES string of the molecule is CCOC(=O)C1=C(C)NC(=O)N[C@H]1c1ccc(OCC(=O)N/N=C\c2cc(Br)ccc2OCc2cccc3ccccc23)c(OC)c1. The third-order valence-corrected chi connectivity index (χ3v) is 7.77. The zero-order valence-electron chi connectivity index (χ0n) is 26.0. The molecule has 1 atom stereocenters. The number of ether oxygens (including phenoxy) is 4. The Morgan fingerprint density at radius 3 is 2.57 bits per heavy atom. The Bertz CT molecular complexity index is 1870. The van der Waals surface area contributed by atoms with Crippen LogP contribution in [0.25, 0.3) is 10.8 Å². The summed E-state index contributed by atoms with van der Waals surface area (Å²) in [6.07, 6.45) is 1.50. The number of carbonyl (C=O) groups is 3. The molecule has 47 heavy (non-hydrogen) atoms. The number of esters is 1. The number of nitrogens with zero attached hydrogens (tertiary/aromatic N) is 1. The zero-order valence-corrected chi connectivity index (χ0v) is 27.6. The molecule has 0 fully saturated rings. The number of allylic oxidation sites excluding steroid dienone is 1. The van der Waals surface area contributed by atoms with Crippen molar-refractivity contribution in [3.8, 4) is 17.2 Å². The molecule has 3 amide bonds. The van der Waals surface area contributed by atoms with Crippen LogP contribution in [0, 0.1) is 0 Å². The largest absolute Gasteiger partial charge is 0.493 e. The highest BCUT2D eigenvalue weighted by atomic mass is 79.9. The number of amides is 3. The molecule has 0 spiro atoms. The Hall–Kier alpha value is -5.36. The quantitative estimate of drug-likeness (QED) is 0.0950. The third-order valence-electron chi connectivity index (χ3n) is 7.27. The molecular weight excluding hydrogens is 668 g/mol. The van der Waals surface area contributed by atoms with Crippen LogP contribution >= 0.6 is 15.9 Å². The number of carbonyl (C=O) groups excluding carboxylic acids is 3. The monoisotopic (exact) mass is 700 g/mol. The molecule has 0 unspecified atom stereocenters. The number of urea groups is 1. The summed E-state index contributed by atoms with van der Waals surface area (Å²) < 4.78 is 23.4. The van der Waals surface area contributed by atoms with Gasteiger partial charge < -0.3 is 29.6 Å². The fourth-order valence-electron chi connectivity index (χ4n) is 5.08. The van der Waals surface area contributed by atoms with Crippen molar-refractivity contribution in [1.29, 1.82) is 0 Å². The van der Waals surface area contributed by atoms with Gasteiger partial charge in [0, 0.05) is 15.7 Å². The number of hydrogen-bond donors (Lipinski definition) is 3. The van der Waals surface area contributed by atoms with E-state index in [1.54, 1.807) is 32.0 Å². The molecule has 11 nitrogen and oxygen atoms in total. The van der Waals surface area contributed by atoms with E-state index in [0.29, 0.717) is 34.9 Å². The van der Waals surface area contributed by atoms with Crippen LogP contribution in [0.5, 0.6) is 17.2 Å². The zero-order chi connectivity index (χ0) is 33.3. The fourth-order valence-corrected chi connectivity index (χ4v) is 5.46. The Morgan fingerprint density at radius 1 is 0.979 bits per heavy atom. The van der Waals surface area contributed by atoms with Gasteiger partial charge in [0.05, 0.1) is 31.5 Å². The van der Waals surface area contributed by atoms with E-state index in [-0.39, 0.29) is 24.5 Å². The molecule has 4 aromatic rings. The van der Waals surface area contributed by atoms with Gasteiger partial charge in [-0.1, -0.05) is 64.5 Å². The van der Waals surface area contributed by atoms with E-state index in [0.717, 1.165) is 20.8 Å². The van der Waals surface area contributed by atoms with Gasteiger partial charge in [-0.2, -0.15) is 5.10 Å². The second kappa shape index (κ2) is 15.3. The molecule has 0 aliphatic carbocycles. The Kier molecular flexibility index (Phi) is 10.7. The number of hydrogen-bond acceptors (Lipinski definition) is 8. The van der Waals surface area contributed by atoms with Crippen molar-refractivity contribution >= 4 is 50.8 Å². The van der Waals surface area contributed by atoms with E-state index in [1.807, 2.05) is 42.5 Å². The van der Waals surface area contributed by atoms with E-state index in [2.05, 4.69) is 55.3 Å². The second-order valence-corrected chi connectivity index (χ2v) is 11.3. The number of methoxy groups -OCH3 is 1. The summed E-state index contributed by atoms with van der Waals surface area (Å²) in [6, 6.07) is 23.4. The van der Waals surface area contributed by atoms with E-state index in [9.17, 15) is 14.4 Å². The van der Waals surface area contributed by atoms with E-state index >= 15 is 0 Å². The van der Waals surface area contributed by atoms with Crippen molar-refractivity contribution in [1.82, 2.24) is 16.1 Å². The molecule has 1 aliphatic rings. The van der Waals surface area contributed by atoms with Crippen LogP contribution in [0.3, 0.4) is 0 Å². The summed E-state index contributed by atoms with van der Waals surface area (Å²) in [7, 11) is 1.45. The van der Waals surface area contributed by atoms with Gasteiger partial charge in [-0.05, 0) is 66.1 Å². The third kappa shape index (κ3) is 8.08. The van der Waals surface area contributed by atoms with Crippen LogP contribution in [0.4, 0.5) is 4.79 Å². The molecule has 5 rings (SSSR count). The summed E-state index contributed by atoms with van der Waals surface area (Å²) >= 11 is 3.48. The minimum absolute atomic E-state index is 0.183. The highest BCUT2D eigenvalue weighted by molar-refractivity contribution is 9.10. The highest BCUT2D eigenvalue weighted by Crippen LogP contribution is 2.34. The lowest BCUT2D eigenvalue weighted by molar-refractivity contribution is -0.139. The first-order valence-corrected chi connectivity index (χ1v) is 15.5. The predicted molar refractivity (Wildman–Crippen MR) is 180 cm³/mol. The maximum Gasteiger partial charge on any atom is 0.338 e. The molecule has 12 heteroatoms. The van der Waals surface area contributed by atoms with Crippen molar-refractivity contribution in [3.63, 3.8) is 0 Å². The smallest absolute Gasteiger partial charge is 0.338 e. The summed E-state index contributed by atoms with van der Waals surface area (Å²) in [5, 5.41) is 11.7. The second-order valence-electron chi connectivity index (χ2n) is 10.4. The molecule has 1 heterocycles. The van der Waals surface area contributed by atoms with Gasteiger partial charge in [-0.3, -0.25) is 4.79 Å². The Balaban J connectivity index is 1.22. The molecule has 0 aromatic heterocycles. The molecule has 1 aliphatic heterocycles. The van der Waals surface area contributed by atoms with Crippen molar-refractivity contribution in [2.75, 3.05) is 20.3 Å². The lowest BCUT2D eigenvalue weighted by Gasteiger charge is -2.28. The summed E-state index contributed by atoms with van der Waals surface area (Å²) in [5.74, 6) is 0.126. The first kappa shape index (κ1) is 33.0. The van der Waals surface area contributed by atoms with E-state index in [4.69, 9.17) is 18.9 Å². The highest BCUT2D eigenvalue weighted by Gasteiger charge is 2.32. The van der Waals surface area contributed by atoms with Crippen molar-refractivity contribution in [2.45, 2.75) is 26.5 Å². The summed E-state index contributed by atoms with van der Waals surface area (Å²) in [5.41, 5.74) is 5.40. The maximum absolute atomic E-state index is 12.7. The molecule has 0 bridgehead atoms. The van der Waals surface area contributed by atoms with Crippen LogP contribution in [0.1, 0.15) is 36.6 Å². The van der Waals surface area contributed by atoms with Gasteiger partial charge in [-0.15, -0.1) is 0 Å². The first-order valence-electron chi connectivity index (χ1n) is 14.7. The van der Waals surface area contributed by atoms with Gasteiger partial charge in [0.2, 0.25) is 0 Å². The summed E-state index contributed by atoms with van der Waals surface area (Å²) in [6.45, 7) is 3.52. The predicted octanol–water partition coefficient (Wildman–Crippen LogP) is 5.91. The minimum Gasteiger partial charge on any atom is -0.493 e. The average molecular weight is 702 g/mol. The molecule has 4 aromatic carbocycles. The van der Waals surface area contributed by atoms with E-state index < -0.39 is 23.9 Å². The number of fused-ring (bicyclic) bond motifs is 1. The van der Waals surface area contributed by atoms with Crippen LogP contribution in [-0.2, 0) is 20.9 Å². The first-order chi connectivity index (χ1) is 22.8. The number of nitrogens with one attached hydrogen (secondary N) is 3. The van der Waals surface area contributed by atoms with Gasteiger partial charge in [0.25, 0.3) is 5.91 Å². The fraction of sp³-hybridized carbons (Fsp3) is 0.200. The number of hydrazone groups is 1. The Morgan fingerprint density at radius 2 is 1.77 bits per heavy atom. The number of benzene rings is 4. The number of halogens is 1. The average Bonchev–Trinajstić information content (AvgIpc) is 3.06. The Labute approximate surface area is 280 Å². The number of rotatable bonds is 12. The molecule has 0 radical (unpaired) electrons. The lowest BCUT2D eigenvalue weighted by Crippen LogP contribution is -2.45. The van der Waals surface area contributed by atoms with Gasteiger partial charge in [0.1, 0.15) is 12.4 Å². The van der Waals surface area contributed by atoms with Crippen LogP contribution in [-0.4, -0.2) is 44.4 Å². The van der Waals surface area contributed by atoms with Gasteiger partial charge >= 0.3 is 12.0 Å². The van der Waals surface area contributed by atoms with E-state index in [1.165, 1.54) is 13.3 Å². The van der Waals surface area contributed by atoms with Crippen LogP contribution in [0.2, 0.25) is 0 Å². The standard InChI is InChI=1S/C35H33BrN4O7/c1-4-45-34(42)32-21(2)38-35(43)39-33(32)23-12-14-29(30(17-23)44-3)47-20-31(41)40-37-18-25-16-26(36)13-15-28(25)46-19-24-10-7-9-22-8-5-6-11-27(22)24/h5-18,33H,4,19-20H2,1-3H3,(H,40,41)(H2,38,39,43)/b37-18-/t33-/m0/s1. The molecular formula is C35H33BrN4O7. The molecule has 0 saturated carbocycles. The maximum atomic E-state index is 12.7. The topological polar surface area (TPSA) is 137 Å². The van der Waals surface area contributed by atoms with Crippen LogP contribution < -0.4 is 30.3 Å².